The van der Waals surface area contributed by atoms with E-state index < -0.39 is 0 Å². The number of hydrogen-bond acceptors (Lipinski definition) is 6. The number of likely N-dealkylation sites (tertiary alicyclic amines) is 1. The van der Waals surface area contributed by atoms with Crippen LogP contribution in [0.2, 0.25) is 0 Å². The topological polar surface area (TPSA) is 103 Å². The maximum absolute atomic E-state index is 13.7. The van der Waals surface area contributed by atoms with Crippen molar-refractivity contribution in [2.24, 2.45) is 11.8 Å². The van der Waals surface area contributed by atoms with Gasteiger partial charge in [-0.25, -0.2) is 4.98 Å². The molecule has 1 atom stereocenters. The van der Waals surface area contributed by atoms with Gasteiger partial charge in [-0.15, -0.1) is 11.8 Å². The predicted octanol–water partition coefficient (Wildman–Crippen LogP) is 5.06. The van der Waals surface area contributed by atoms with E-state index in [0.717, 1.165) is 72.6 Å². The fourth-order valence-electron chi connectivity index (χ4n) is 7.68. The van der Waals surface area contributed by atoms with E-state index in [1.807, 2.05) is 38.3 Å². The summed E-state index contributed by atoms with van der Waals surface area (Å²) in [6.45, 7) is 11.1. The molecular weight excluding hydrogens is 572 g/mol. The SMILES string of the molecule is CCN(C(=O)C1CN(C2CCC([C@@H](C)n3c(C)c(C(=O)NCc4c(SC)cc(C)[nH]c4=O)c4cccnc43)CC2)C1)C1CC1. The van der Waals surface area contributed by atoms with Gasteiger partial charge < -0.3 is 19.8 Å². The molecule has 0 radical (unpaired) electrons. The normalized spacial score (nSPS) is 21.7. The van der Waals surface area contributed by atoms with Crippen molar-refractivity contribution >= 4 is 34.6 Å². The van der Waals surface area contributed by atoms with Gasteiger partial charge in [-0.3, -0.25) is 19.3 Å². The number of carbonyl (C=O) groups is 2. The maximum atomic E-state index is 13.7. The molecule has 10 heteroatoms. The highest BCUT2D eigenvalue weighted by Gasteiger charge is 2.43. The second-order valence-electron chi connectivity index (χ2n) is 13.0. The molecule has 6 rings (SSSR count). The number of aromatic amines is 1. The smallest absolute Gasteiger partial charge is 0.254 e. The number of thioether (sulfide) groups is 1. The van der Waals surface area contributed by atoms with Crippen molar-refractivity contribution in [2.75, 3.05) is 25.9 Å². The Kier molecular flexibility index (Phi) is 8.93. The van der Waals surface area contributed by atoms with E-state index in [0.29, 0.717) is 35.0 Å². The van der Waals surface area contributed by atoms with Gasteiger partial charge in [0, 0.05) is 77.7 Å². The van der Waals surface area contributed by atoms with Crippen LogP contribution in [0.1, 0.15) is 85.7 Å². The second kappa shape index (κ2) is 12.7. The summed E-state index contributed by atoms with van der Waals surface area (Å²) < 4.78 is 2.26. The van der Waals surface area contributed by atoms with Crippen molar-refractivity contribution in [2.45, 2.75) is 95.8 Å². The van der Waals surface area contributed by atoms with E-state index >= 15 is 0 Å². The summed E-state index contributed by atoms with van der Waals surface area (Å²) in [5, 5.41) is 3.87. The molecule has 0 unspecified atom stereocenters. The lowest BCUT2D eigenvalue weighted by Crippen LogP contribution is -2.58. The molecule has 2 saturated carbocycles. The third-order valence-corrected chi connectivity index (χ3v) is 11.1. The van der Waals surface area contributed by atoms with Crippen LogP contribution in [0.4, 0.5) is 0 Å². The average molecular weight is 619 g/mol. The van der Waals surface area contributed by atoms with Crippen LogP contribution in [0, 0.1) is 25.7 Å². The molecule has 236 valence electrons. The Morgan fingerprint density at radius 1 is 1.16 bits per heavy atom. The van der Waals surface area contributed by atoms with E-state index in [9.17, 15) is 14.4 Å². The molecule has 2 amide bonds. The monoisotopic (exact) mass is 618 g/mol. The van der Waals surface area contributed by atoms with Crippen LogP contribution in [0.3, 0.4) is 0 Å². The zero-order chi connectivity index (χ0) is 31.1. The van der Waals surface area contributed by atoms with Crippen LogP contribution in [-0.4, -0.2) is 74.1 Å². The summed E-state index contributed by atoms with van der Waals surface area (Å²) in [6.07, 6.45) is 10.6. The predicted molar refractivity (Wildman–Crippen MR) is 175 cm³/mol. The Morgan fingerprint density at radius 3 is 2.55 bits per heavy atom. The Hall–Kier alpha value is -3.11. The molecule has 1 saturated heterocycles. The van der Waals surface area contributed by atoms with Gasteiger partial charge in [-0.1, -0.05) is 0 Å². The van der Waals surface area contributed by atoms with Crippen molar-refractivity contribution in [3.63, 3.8) is 0 Å². The van der Waals surface area contributed by atoms with Crippen LogP contribution in [-0.2, 0) is 11.3 Å². The van der Waals surface area contributed by atoms with Crippen molar-refractivity contribution in [1.82, 2.24) is 29.7 Å². The van der Waals surface area contributed by atoms with Gasteiger partial charge in [-0.05, 0) is 96.6 Å². The Morgan fingerprint density at radius 2 is 1.89 bits per heavy atom. The van der Waals surface area contributed by atoms with Crippen LogP contribution in [0.25, 0.3) is 11.0 Å². The first-order chi connectivity index (χ1) is 21.2. The zero-order valence-electron chi connectivity index (χ0n) is 26.7. The van der Waals surface area contributed by atoms with E-state index in [2.05, 4.69) is 38.5 Å². The average Bonchev–Trinajstić information content (AvgIpc) is 3.77. The number of amides is 2. The van der Waals surface area contributed by atoms with Crippen molar-refractivity contribution in [3.8, 4) is 0 Å². The number of rotatable bonds is 10. The van der Waals surface area contributed by atoms with Gasteiger partial charge in [0.25, 0.3) is 11.5 Å². The maximum Gasteiger partial charge on any atom is 0.254 e. The number of carbonyl (C=O) groups excluding carboxylic acids is 2. The molecule has 44 heavy (non-hydrogen) atoms. The molecule has 2 aliphatic carbocycles. The van der Waals surface area contributed by atoms with Crippen LogP contribution >= 0.6 is 11.8 Å². The van der Waals surface area contributed by atoms with Gasteiger partial charge in [0.1, 0.15) is 5.65 Å². The summed E-state index contributed by atoms with van der Waals surface area (Å²) in [5.41, 5.74) is 3.59. The number of pyridine rings is 2. The summed E-state index contributed by atoms with van der Waals surface area (Å²) >= 11 is 1.51. The zero-order valence-corrected chi connectivity index (χ0v) is 27.5. The minimum absolute atomic E-state index is 0.163. The lowest BCUT2D eigenvalue weighted by Gasteiger charge is -2.47. The summed E-state index contributed by atoms with van der Waals surface area (Å²) in [5.74, 6) is 0.838. The quantitative estimate of drug-likeness (QED) is 0.308. The van der Waals surface area contributed by atoms with Crippen LogP contribution in [0.5, 0.6) is 0 Å². The first-order valence-electron chi connectivity index (χ1n) is 16.3. The van der Waals surface area contributed by atoms with Gasteiger partial charge in [0.15, 0.2) is 0 Å². The third-order valence-electron chi connectivity index (χ3n) is 10.3. The highest BCUT2D eigenvalue weighted by atomic mass is 32.2. The first-order valence-corrected chi connectivity index (χ1v) is 17.5. The van der Waals surface area contributed by atoms with Crippen LogP contribution in [0.15, 0.2) is 34.1 Å². The highest BCUT2D eigenvalue weighted by Crippen LogP contribution is 2.40. The minimum Gasteiger partial charge on any atom is -0.348 e. The standard InChI is InChI=1S/C34H46N6O3S/c1-6-39(26-13-14-26)34(43)24-18-38(19-24)25-11-9-23(10-12-25)21(3)40-22(4)30(27-8-7-15-35-31(27)40)33(42)36-17-28-29(44-5)16-20(2)37-32(28)41/h7-8,15-16,21,23-26H,6,9-14,17-19H2,1-5H3,(H,36,42)(H,37,41)/t21-,23?,25?/m1/s1. The first kappa shape index (κ1) is 30.9. The fraction of sp³-hybridized carbons (Fsp3) is 0.588. The molecule has 9 nitrogen and oxygen atoms in total. The largest absolute Gasteiger partial charge is 0.348 e. The summed E-state index contributed by atoms with van der Waals surface area (Å²) in [4.78, 5) is 52.4. The molecule has 0 aromatic carbocycles. The minimum atomic E-state index is -0.188. The van der Waals surface area contributed by atoms with Gasteiger partial charge in [-0.2, -0.15) is 0 Å². The number of fused-ring (bicyclic) bond motifs is 1. The number of nitrogens with zero attached hydrogens (tertiary/aromatic N) is 4. The lowest BCUT2D eigenvalue weighted by molar-refractivity contribution is -0.143. The molecule has 3 aromatic rings. The van der Waals surface area contributed by atoms with E-state index in [1.54, 1.807) is 6.20 Å². The summed E-state index contributed by atoms with van der Waals surface area (Å²) in [6, 6.07) is 7.04. The number of aromatic nitrogens is 3. The molecule has 0 spiro atoms. The molecule has 2 N–H and O–H groups in total. The third kappa shape index (κ3) is 5.83. The van der Waals surface area contributed by atoms with Gasteiger partial charge in [0.2, 0.25) is 5.91 Å². The second-order valence-corrected chi connectivity index (χ2v) is 13.9. The Labute approximate surface area is 264 Å². The van der Waals surface area contributed by atoms with Gasteiger partial charge in [0.05, 0.1) is 11.5 Å². The Balaban J connectivity index is 1.12. The molecule has 4 heterocycles. The highest BCUT2D eigenvalue weighted by molar-refractivity contribution is 7.98. The number of hydrogen-bond donors (Lipinski definition) is 2. The van der Waals surface area contributed by atoms with Crippen molar-refractivity contribution in [3.05, 3.63) is 57.3 Å². The van der Waals surface area contributed by atoms with E-state index in [1.165, 1.54) is 24.6 Å². The molecule has 0 bridgehead atoms. The van der Waals surface area contributed by atoms with Crippen molar-refractivity contribution < 1.29 is 9.59 Å². The summed E-state index contributed by atoms with van der Waals surface area (Å²) in [7, 11) is 0. The fourth-order valence-corrected chi connectivity index (χ4v) is 8.38. The number of aryl methyl sites for hydroxylation is 1. The van der Waals surface area contributed by atoms with Crippen LogP contribution < -0.4 is 10.9 Å². The Bertz CT molecular complexity index is 1600. The molecule has 3 aliphatic rings. The van der Waals surface area contributed by atoms with E-state index in [-0.39, 0.29) is 30.0 Å². The lowest BCUT2D eigenvalue weighted by atomic mass is 9.79. The van der Waals surface area contributed by atoms with Gasteiger partial charge >= 0.3 is 0 Å². The molecule has 3 aromatic heterocycles. The molecular formula is C34H46N6O3S. The molecule has 3 fully saturated rings. The van der Waals surface area contributed by atoms with Crippen molar-refractivity contribution in [1.29, 1.82) is 0 Å². The van der Waals surface area contributed by atoms with E-state index in [4.69, 9.17) is 4.98 Å². The number of nitrogens with one attached hydrogen (secondary N) is 2. The number of H-pyrrole nitrogens is 1. The molecule has 1 aliphatic heterocycles.